The summed E-state index contributed by atoms with van der Waals surface area (Å²) in [5.41, 5.74) is 0.160. The SMILES string of the molecule is O=S([O-])Nc1cc(Cl)cc(Cl)c1Cl. The molecule has 0 aromatic heterocycles. The molecule has 0 bridgehead atoms. The van der Waals surface area contributed by atoms with E-state index < -0.39 is 11.3 Å². The third-order valence-electron chi connectivity index (χ3n) is 1.19. The Balaban J connectivity index is 3.12. The molecule has 1 aromatic rings. The number of hydrogen-bond donors (Lipinski definition) is 1. The van der Waals surface area contributed by atoms with Gasteiger partial charge in [-0.2, -0.15) is 0 Å². The average molecular weight is 260 g/mol. The van der Waals surface area contributed by atoms with Gasteiger partial charge in [-0.05, 0) is 12.1 Å². The molecule has 13 heavy (non-hydrogen) atoms. The number of benzene rings is 1. The number of halogens is 3. The van der Waals surface area contributed by atoms with Crippen LogP contribution in [0.2, 0.25) is 15.1 Å². The van der Waals surface area contributed by atoms with E-state index in [2.05, 4.69) is 4.72 Å². The Morgan fingerprint density at radius 1 is 1.31 bits per heavy atom. The molecule has 3 nitrogen and oxygen atoms in total. The van der Waals surface area contributed by atoms with Crippen molar-refractivity contribution in [3.05, 3.63) is 27.2 Å². The Labute approximate surface area is 92.4 Å². The molecule has 1 rings (SSSR count). The van der Waals surface area contributed by atoms with Crippen molar-refractivity contribution < 1.29 is 8.76 Å². The van der Waals surface area contributed by atoms with Crippen molar-refractivity contribution in [2.75, 3.05) is 4.72 Å². The zero-order valence-corrected chi connectivity index (χ0v) is 9.10. The van der Waals surface area contributed by atoms with E-state index in [0.29, 0.717) is 5.02 Å². The highest BCUT2D eigenvalue weighted by molar-refractivity contribution is 7.80. The normalized spacial score (nSPS) is 12.6. The van der Waals surface area contributed by atoms with Gasteiger partial charge in [0, 0.05) is 16.3 Å². The van der Waals surface area contributed by atoms with Crippen molar-refractivity contribution >= 4 is 51.8 Å². The Bertz CT molecular complexity index is 358. The van der Waals surface area contributed by atoms with Crippen LogP contribution < -0.4 is 4.72 Å². The lowest BCUT2D eigenvalue weighted by Gasteiger charge is -2.11. The van der Waals surface area contributed by atoms with Crippen molar-refractivity contribution in [1.82, 2.24) is 0 Å². The molecule has 0 saturated carbocycles. The third-order valence-corrected chi connectivity index (χ3v) is 2.59. The summed E-state index contributed by atoms with van der Waals surface area (Å²) in [6.07, 6.45) is 0. The number of nitrogens with one attached hydrogen (secondary N) is 1. The van der Waals surface area contributed by atoms with Gasteiger partial charge in [-0.25, -0.2) is 0 Å². The topological polar surface area (TPSA) is 52.2 Å². The zero-order chi connectivity index (χ0) is 10.0. The van der Waals surface area contributed by atoms with Crippen LogP contribution in [0.4, 0.5) is 5.69 Å². The predicted octanol–water partition coefficient (Wildman–Crippen LogP) is 2.85. The lowest BCUT2D eigenvalue weighted by Crippen LogP contribution is -2.02. The van der Waals surface area contributed by atoms with Crippen LogP contribution >= 0.6 is 34.8 Å². The van der Waals surface area contributed by atoms with Crippen molar-refractivity contribution in [2.24, 2.45) is 0 Å². The largest absolute Gasteiger partial charge is 0.755 e. The van der Waals surface area contributed by atoms with E-state index in [1.54, 1.807) is 0 Å². The highest BCUT2D eigenvalue weighted by Crippen LogP contribution is 2.33. The highest BCUT2D eigenvalue weighted by atomic mass is 35.5. The van der Waals surface area contributed by atoms with Gasteiger partial charge in [0.1, 0.15) is 0 Å². The Morgan fingerprint density at radius 3 is 2.46 bits per heavy atom. The second-order valence-corrected chi connectivity index (χ2v) is 3.98. The molecule has 7 heteroatoms. The molecule has 0 aliphatic carbocycles. The van der Waals surface area contributed by atoms with Crippen LogP contribution in [0.1, 0.15) is 0 Å². The van der Waals surface area contributed by atoms with Crippen molar-refractivity contribution in [3.63, 3.8) is 0 Å². The zero-order valence-electron chi connectivity index (χ0n) is 6.01. The molecule has 0 radical (unpaired) electrons. The molecule has 1 N–H and O–H groups in total. The number of anilines is 1. The lowest BCUT2D eigenvalue weighted by atomic mass is 10.3. The maximum atomic E-state index is 10.3. The molecule has 0 spiro atoms. The first-order valence-electron chi connectivity index (χ1n) is 3.01. The van der Waals surface area contributed by atoms with Gasteiger partial charge in [-0.15, -0.1) is 0 Å². The first kappa shape index (κ1) is 11.1. The summed E-state index contributed by atoms with van der Waals surface area (Å²) < 4.78 is 22.6. The van der Waals surface area contributed by atoms with Gasteiger partial charge in [-0.3, -0.25) is 4.21 Å². The highest BCUT2D eigenvalue weighted by Gasteiger charge is 2.06. The first-order valence-corrected chi connectivity index (χ1v) is 5.22. The minimum Gasteiger partial charge on any atom is -0.755 e. The predicted molar refractivity (Wildman–Crippen MR) is 54.0 cm³/mol. The fraction of sp³-hybridized carbons (Fsp3) is 0. The molecule has 0 aliphatic rings. The molecule has 0 aliphatic heterocycles. The van der Waals surface area contributed by atoms with Gasteiger partial charge < -0.3 is 9.27 Å². The van der Waals surface area contributed by atoms with Gasteiger partial charge in [0.05, 0.1) is 15.7 Å². The van der Waals surface area contributed by atoms with Gasteiger partial charge in [-0.1, -0.05) is 34.8 Å². The fourth-order valence-electron chi connectivity index (χ4n) is 0.720. The van der Waals surface area contributed by atoms with Crippen LogP contribution in [0.15, 0.2) is 12.1 Å². The quantitative estimate of drug-likeness (QED) is 0.656. The second kappa shape index (κ2) is 4.48. The van der Waals surface area contributed by atoms with Gasteiger partial charge in [0.15, 0.2) is 0 Å². The second-order valence-electron chi connectivity index (χ2n) is 2.09. The average Bonchev–Trinajstić information content (AvgIpc) is 1.98. The standard InChI is InChI=1S/C6H4Cl3NO2S/c7-3-1-4(8)6(9)5(2-3)10-13(11)12/h1-2,10H,(H,11,12)/p-1. The molecule has 0 saturated heterocycles. The summed E-state index contributed by atoms with van der Waals surface area (Å²) >= 11 is 14.5. The molecule has 1 unspecified atom stereocenters. The van der Waals surface area contributed by atoms with Crippen LogP contribution in [0, 0.1) is 0 Å². The molecular weight excluding hydrogens is 256 g/mol. The van der Waals surface area contributed by atoms with Crippen LogP contribution in [-0.2, 0) is 11.3 Å². The summed E-state index contributed by atoms with van der Waals surface area (Å²) in [4.78, 5) is 0. The summed E-state index contributed by atoms with van der Waals surface area (Å²) in [6.45, 7) is 0. The molecule has 0 fully saturated rings. The van der Waals surface area contributed by atoms with Gasteiger partial charge in [0.2, 0.25) is 0 Å². The van der Waals surface area contributed by atoms with Crippen molar-refractivity contribution in [1.29, 1.82) is 0 Å². The molecule has 1 atom stereocenters. The molecule has 0 amide bonds. The third kappa shape index (κ3) is 3.00. The smallest absolute Gasteiger partial charge is 0.0833 e. The van der Waals surface area contributed by atoms with Crippen molar-refractivity contribution in [2.45, 2.75) is 0 Å². The molecular formula is C6H3Cl3NO2S-. The fourth-order valence-corrected chi connectivity index (χ4v) is 1.77. The van der Waals surface area contributed by atoms with Crippen LogP contribution in [-0.4, -0.2) is 8.76 Å². The van der Waals surface area contributed by atoms with Crippen LogP contribution in [0.25, 0.3) is 0 Å². The van der Waals surface area contributed by atoms with E-state index in [1.165, 1.54) is 12.1 Å². The maximum absolute atomic E-state index is 10.3. The molecule has 1 aromatic carbocycles. The first-order chi connectivity index (χ1) is 6.00. The van der Waals surface area contributed by atoms with Gasteiger partial charge in [0.25, 0.3) is 0 Å². The Kier molecular flexibility index (Phi) is 3.82. The summed E-state index contributed by atoms with van der Waals surface area (Å²) in [7, 11) is 0. The van der Waals surface area contributed by atoms with Crippen molar-refractivity contribution in [3.8, 4) is 0 Å². The summed E-state index contributed by atoms with van der Waals surface area (Å²) in [5, 5.41) is 0.625. The number of rotatable bonds is 2. The summed E-state index contributed by atoms with van der Waals surface area (Å²) in [6, 6.07) is 2.79. The Hall–Kier alpha value is -0.000000000000000167. The van der Waals surface area contributed by atoms with Gasteiger partial charge >= 0.3 is 0 Å². The minimum atomic E-state index is -2.45. The summed E-state index contributed by atoms with van der Waals surface area (Å²) in [5.74, 6) is 0. The van der Waals surface area contributed by atoms with E-state index >= 15 is 0 Å². The minimum absolute atomic E-state index is 0.121. The van der Waals surface area contributed by atoms with E-state index in [9.17, 15) is 8.76 Å². The lowest BCUT2D eigenvalue weighted by molar-refractivity contribution is 0.542. The monoisotopic (exact) mass is 258 g/mol. The van der Waals surface area contributed by atoms with E-state index in [0.717, 1.165) is 0 Å². The van der Waals surface area contributed by atoms with Crippen LogP contribution in [0.3, 0.4) is 0 Å². The molecule has 72 valence electrons. The maximum Gasteiger partial charge on any atom is 0.0833 e. The van der Waals surface area contributed by atoms with E-state index in [1.807, 2.05) is 0 Å². The van der Waals surface area contributed by atoms with E-state index in [-0.39, 0.29) is 15.7 Å². The Morgan fingerprint density at radius 2 is 1.92 bits per heavy atom. The van der Waals surface area contributed by atoms with Crippen LogP contribution in [0.5, 0.6) is 0 Å². The number of hydrogen-bond acceptors (Lipinski definition) is 2. The van der Waals surface area contributed by atoms with E-state index in [4.69, 9.17) is 34.8 Å². The molecule has 0 heterocycles.